The fourth-order valence-electron chi connectivity index (χ4n) is 7.61. The van der Waals surface area contributed by atoms with Crippen molar-refractivity contribution in [2.45, 2.75) is 110 Å². The van der Waals surface area contributed by atoms with Gasteiger partial charge in [-0.15, -0.1) is 0 Å². The van der Waals surface area contributed by atoms with E-state index in [1.165, 1.54) is 25.7 Å². The molecule has 0 heterocycles. The van der Waals surface area contributed by atoms with E-state index in [9.17, 15) is 15.0 Å². The number of carbonyl (C=O) groups excluding carboxylic acids is 1. The summed E-state index contributed by atoms with van der Waals surface area (Å²) in [5.41, 5.74) is 3.70. The Labute approximate surface area is 207 Å². The van der Waals surface area contributed by atoms with Crippen LogP contribution in [0.25, 0.3) is 0 Å². The molecule has 2 N–H and O–H groups in total. The number of hydrogen-bond acceptors (Lipinski definition) is 3. The number of aliphatic hydroxyl groups excluding tert-OH is 2. The monoisotopic (exact) mass is 466 g/mol. The smallest absolute Gasteiger partial charge is 0.138 e. The SMILES string of the molecule is C=C1/C(=C\C=C2/CCC[C@]3(C)[C@@H]([C@H](C)/C=C/CCC4(C(=O)CC)CC4)CC[C@@H]23)C[C@@H](O)C[C@@H]1O. The van der Waals surface area contributed by atoms with E-state index in [-0.39, 0.29) is 5.41 Å². The van der Waals surface area contributed by atoms with Gasteiger partial charge in [0.15, 0.2) is 0 Å². The molecule has 4 saturated carbocycles. The molecular weight excluding hydrogens is 420 g/mol. The number of fused-ring (bicyclic) bond motifs is 1. The Morgan fingerprint density at radius 2 is 1.97 bits per heavy atom. The maximum Gasteiger partial charge on any atom is 0.138 e. The molecule has 4 fully saturated rings. The molecule has 188 valence electrons. The Bertz CT molecular complexity index is 873. The maximum atomic E-state index is 12.2. The summed E-state index contributed by atoms with van der Waals surface area (Å²) in [5.74, 6) is 2.36. The van der Waals surface area contributed by atoms with Crippen LogP contribution in [0.3, 0.4) is 0 Å². The van der Waals surface area contributed by atoms with Gasteiger partial charge >= 0.3 is 0 Å². The number of ketones is 1. The average Bonchev–Trinajstić information content (AvgIpc) is 3.51. The molecule has 0 radical (unpaired) electrons. The van der Waals surface area contributed by atoms with Gasteiger partial charge in [-0.25, -0.2) is 0 Å². The van der Waals surface area contributed by atoms with Crippen molar-refractivity contribution in [1.82, 2.24) is 0 Å². The number of rotatable bonds is 8. The topological polar surface area (TPSA) is 57.5 Å². The molecule has 0 unspecified atom stereocenters. The molecular formula is C31H46O3. The highest BCUT2D eigenvalue weighted by Crippen LogP contribution is 2.59. The fourth-order valence-corrected chi connectivity index (χ4v) is 7.61. The first kappa shape index (κ1) is 25.6. The maximum absolute atomic E-state index is 12.2. The number of Topliss-reactive ketones (excluding diaryl/α,β-unsaturated/α-hetero) is 1. The summed E-state index contributed by atoms with van der Waals surface area (Å²) in [5, 5.41) is 20.3. The van der Waals surface area contributed by atoms with Crippen LogP contribution >= 0.6 is 0 Å². The van der Waals surface area contributed by atoms with Gasteiger partial charge in [0.1, 0.15) is 5.78 Å². The number of hydrogen-bond donors (Lipinski definition) is 2. The molecule has 3 heteroatoms. The summed E-state index contributed by atoms with van der Waals surface area (Å²) in [6, 6.07) is 0. The highest BCUT2D eigenvalue weighted by Gasteiger charge is 2.50. The molecule has 0 aromatic rings. The third-order valence-corrected chi connectivity index (χ3v) is 9.93. The largest absolute Gasteiger partial charge is 0.393 e. The lowest BCUT2D eigenvalue weighted by Crippen LogP contribution is -2.35. The van der Waals surface area contributed by atoms with E-state index in [1.54, 1.807) is 5.57 Å². The van der Waals surface area contributed by atoms with Gasteiger partial charge in [0.05, 0.1) is 12.2 Å². The molecule has 3 nitrogen and oxygen atoms in total. The van der Waals surface area contributed by atoms with Crippen LogP contribution in [0.1, 0.15) is 97.8 Å². The quantitative estimate of drug-likeness (QED) is 0.384. The summed E-state index contributed by atoms with van der Waals surface area (Å²) in [4.78, 5) is 12.2. The van der Waals surface area contributed by atoms with Gasteiger partial charge in [0.25, 0.3) is 0 Å². The molecule has 0 aromatic heterocycles. The summed E-state index contributed by atoms with van der Waals surface area (Å²) in [7, 11) is 0. The van der Waals surface area contributed by atoms with Crippen LogP contribution in [0.5, 0.6) is 0 Å². The lowest BCUT2D eigenvalue weighted by atomic mass is 9.61. The highest BCUT2D eigenvalue weighted by molar-refractivity contribution is 5.87. The first-order valence-electron chi connectivity index (χ1n) is 13.8. The minimum Gasteiger partial charge on any atom is -0.393 e. The van der Waals surface area contributed by atoms with Crippen molar-refractivity contribution >= 4 is 5.78 Å². The van der Waals surface area contributed by atoms with Crippen LogP contribution in [-0.4, -0.2) is 28.2 Å². The van der Waals surface area contributed by atoms with Crippen LogP contribution in [0, 0.1) is 28.6 Å². The Balaban J connectivity index is 1.40. The first-order valence-corrected chi connectivity index (χ1v) is 13.8. The van der Waals surface area contributed by atoms with E-state index in [1.807, 2.05) is 6.92 Å². The van der Waals surface area contributed by atoms with Gasteiger partial charge in [-0.05, 0) is 98.5 Å². The van der Waals surface area contributed by atoms with Crippen LogP contribution in [0.4, 0.5) is 0 Å². The van der Waals surface area contributed by atoms with Gasteiger partial charge in [0.2, 0.25) is 0 Å². The average molecular weight is 467 g/mol. The molecule has 0 amide bonds. The van der Waals surface area contributed by atoms with Crippen molar-refractivity contribution in [2.75, 3.05) is 0 Å². The van der Waals surface area contributed by atoms with Gasteiger partial charge in [-0.1, -0.05) is 57.2 Å². The normalized spacial score (nSPS) is 38.4. The zero-order chi connectivity index (χ0) is 24.5. The molecule has 6 atom stereocenters. The molecule has 0 aromatic carbocycles. The van der Waals surface area contributed by atoms with Crippen molar-refractivity contribution in [2.24, 2.45) is 28.6 Å². The Morgan fingerprint density at radius 1 is 1.21 bits per heavy atom. The Kier molecular flexibility index (Phi) is 7.74. The fraction of sp³-hybridized carbons (Fsp3) is 0.710. The molecule has 4 aliphatic rings. The lowest BCUT2D eigenvalue weighted by molar-refractivity contribution is -0.124. The second-order valence-electron chi connectivity index (χ2n) is 12.0. The van der Waals surface area contributed by atoms with Crippen LogP contribution in [0.15, 0.2) is 47.6 Å². The third-order valence-electron chi connectivity index (χ3n) is 9.93. The zero-order valence-corrected chi connectivity index (χ0v) is 21.7. The number of aliphatic hydroxyl groups is 2. The van der Waals surface area contributed by atoms with Crippen molar-refractivity contribution < 1.29 is 15.0 Å². The summed E-state index contributed by atoms with van der Waals surface area (Å²) in [6.45, 7) is 11.0. The molecule has 0 aliphatic heterocycles. The molecule has 34 heavy (non-hydrogen) atoms. The van der Waals surface area contributed by atoms with E-state index in [0.717, 1.165) is 43.3 Å². The van der Waals surface area contributed by atoms with Crippen molar-refractivity contribution in [3.8, 4) is 0 Å². The van der Waals surface area contributed by atoms with E-state index >= 15 is 0 Å². The van der Waals surface area contributed by atoms with Crippen molar-refractivity contribution in [1.29, 1.82) is 0 Å². The Hall–Kier alpha value is -1.45. The zero-order valence-electron chi connectivity index (χ0n) is 21.7. The van der Waals surface area contributed by atoms with E-state index < -0.39 is 12.2 Å². The van der Waals surface area contributed by atoms with Crippen molar-refractivity contribution in [3.63, 3.8) is 0 Å². The molecule has 0 spiro atoms. The first-order chi connectivity index (χ1) is 16.2. The molecule has 0 bridgehead atoms. The van der Waals surface area contributed by atoms with Crippen molar-refractivity contribution in [3.05, 3.63) is 47.6 Å². The summed E-state index contributed by atoms with van der Waals surface area (Å²) < 4.78 is 0. The summed E-state index contributed by atoms with van der Waals surface area (Å²) >= 11 is 0. The van der Waals surface area contributed by atoms with Crippen LogP contribution < -0.4 is 0 Å². The molecule has 4 aliphatic carbocycles. The predicted octanol–water partition coefficient (Wildman–Crippen LogP) is 6.86. The Morgan fingerprint density at radius 3 is 2.68 bits per heavy atom. The minimum absolute atomic E-state index is 0.0278. The van der Waals surface area contributed by atoms with Gasteiger partial charge in [-0.3, -0.25) is 4.79 Å². The highest BCUT2D eigenvalue weighted by atomic mass is 16.3. The second-order valence-corrected chi connectivity index (χ2v) is 12.0. The number of allylic oxidation sites excluding steroid dienone is 5. The lowest BCUT2D eigenvalue weighted by Gasteiger charge is -2.44. The van der Waals surface area contributed by atoms with Gasteiger partial charge in [0, 0.05) is 18.3 Å². The van der Waals surface area contributed by atoms with Gasteiger partial charge < -0.3 is 10.2 Å². The molecule has 0 saturated heterocycles. The van der Waals surface area contributed by atoms with Gasteiger partial charge in [-0.2, -0.15) is 0 Å². The minimum atomic E-state index is -0.622. The van der Waals surface area contributed by atoms with E-state index in [4.69, 9.17) is 0 Å². The van der Waals surface area contributed by atoms with E-state index in [2.05, 4.69) is 44.7 Å². The third kappa shape index (κ3) is 5.07. The van der Waals surface area contributed by atoms with Crippen LogP contribution in [0.2, 0.25) is 0 Å². The standard InChI is InChI=1S/C31H46O3/c1-5-29(34)31(17-18-31)16-7-6-9-21(2)26-13-14-27-23(10-8-15-30(26,27)4)11-12-24-19-25(32)20-28(33)22(24)3/h6,9,11-12,21,25-28,32-33H,3,5,7-8,10,13-20H2,1-2,4H3/b9-6+,23-11+,24-12-/t21-,25-,26-,27+,28+,30-/m1/s1. The predicted molar refractivity (Wildman–Crippen MR) is 139 cm³/mol. The number of carbonyl (C=O) groups is 1. The van der Waals surface area contributed by atoms with E-state index in [0.29, 0.717) is 48.2 Å². The molecule has 4 rings (SSSR count). The van der Waals surface area contributed by atoms with Crippen LogP contribution in [-0.2, 0) is 4.79 Å². The second kappa shape index (κ2) is 10.3. The summed E-state index contributed by atoms with van der Waals surface area (Å²) in [6.07, 6.45) is 20.3.